The van der Waals surface area contributed by atoms with Gasteiger partial charge in [0.2, 0.25) is 5.91 Å². The standard InChI is InChI=1S/C9H15NO3S2/c1-15-7(5-14)8(11)10-4-2-3-6(10)9(12)13/h6-7,14H,2-5H2,1H3,(H,12,13)/t6-,7?/m0/s1. The molecule has 15 heavy (non-hydrogen) atoms. The van der Waals surface area contributed by atoms with E-state index in [4.69, 9.17) is 5.11 Å². The normalized spacial score (nSPS) is 22.8. The summed E-state index contributed by atoms with van der Waals surface area (Å²) in [6.07, 6.45) is 3.18. The Morgan fingerprint density at radius 2 is 2.33 bits per heavy atom. The minimum absolute atomic E-state index is 0.0950. The monoisotopic (exact) mass is 249 g/mol. The van der Waals surface area contributed by atoms with Gasteiger partial charge < -0.3 is 10.0 Å². The molecule has 1 fully saturated rings. The zero-order chi connectivity index (χ0) is 11.4. The molecule has 1 heterocycles. The van der Waals surface area contributed by atoms with E-state index in [1.165, 1.54) is 16.7 Å². The third kappa shape index (κ3) is 2.81. The summed E-state index contributed by atoms with van der Waals surface area (Å²) in [6, 6.07) is -0.632. The zero-order valence-corrected chi connectivity index (χ0v) is 10.3. The first-order chi connectivity index (χ1) is 7.11. The maximum absolute atomic E-state index is 11.9. The molecule has 0 aromatic heterocycles. The fourth-order valence-electron chi connectivity index (χ4n) is 1.73. The van der Waals surface area contributed by atoms with Gasteiger partial charge in [0.1, 0.15) is 6.04 Å². The van der Waals surface area contributed by atoms with E-state index in [9.17, 15) is 9.59 Å². The van der Waals surface area contributed by atoms with Crippen molar-refractivity contribution in [3.8, 4) is 0 Å². The van der Waals surface area contributed by atoms with Crippen LogP contribution in [0.2, 0.25) is 0 Å². The number of amides is 1. The van der Waals surface area contributed by atoms with E-state index in [1.54, 1.807) is 0 Å². The molecule has 0 spiro atoms. The molecule has 86 valence electrons. The lowest BCUT2D eigenvalue weighted by molar-refractivity contribution is -0.147. The Hall–Kier alpha value is -0.360. The Bertz CT molecular complexity index is 256. The molecule has 1 amide bonds. The van der Waals surface area contributed by atoms with Gasteiger partial charge in [-0.2, -0.15) is 24.4 Å². The minimum Gasteiger partial charge on any atom is -0.480 e. The number of carboxylic acids is 1. The Morgan fingerprint density at radius 3 is 2.80 bits per heavy atom. The lowest BCUT2D eigenvalue weighted by atomic mass is 10.2. The average Bonchev–Trinajstić information content (AvgIpc) is 2.67. The number of carbonyl (C=O) groups is 2. The van der Waals surface area contributed by atoms with E-state index < -0.39 is 12.0 Å². The summed E-state index contributed by atoms with van der Waals surface area (Å²) in [7, 11) is 0. The number of likely N-dealkylation sites (tertiary alicyclic amines) is 1. The van der Waals surface area contributed by atoms with Crippen molar-refractivity contribution in [1.29, 1.82) is 0 Å². The molecule has 1 aliphatic rings. The van der Waals surface area contributed by atoms with Crippen molar-refractivity contribution in [2.75, 3.05) is 18.6 Å². The third-order valence-electron chi connectivity index (χ3n) is 2.55. The van der Waals surface area contributed by atoms with Crippen molar-refractivity contribution in [2.24, 2.45) is 0 Å². The predicted octanol–water partition coefficient (Wildman–Crippen LogP) is 0.723. The molecule has 1 saturated heterocycles. The van der Waals surface area contributed by atoms with Crippen LogP contribution in [0.4, 0.5) is 0 Å². The van der Waals surface area contributed by atoms with E-state index in [1.807, 2.05) is 6.26 Å². The SMILES string of the molecule is CSC(CS)C(=O)N1CCC[C@H]1C(=O)O. The first-order valence-electron chi connectivity index (χ1n) is 4.78. The second-order valence-electron chi connectivity index (χ2n) is 3.43. The maximum Gasteiger partial charge on any atom is 0.326 e. The number of thiol groups is 1. The van der Waals surface area contributed by atoms with Crippen molar-refractivity contribution in [3.05, 3.63) is 0 Å². The molecule has 0 aromatic rings. The van der Waals surface area contributed by atoms with E-state index in [-0.39, 0.29) is 11.2 Å². The van der Waals surface area contributed by atoms with Crippen molar-refractivity contribution in [1.82, 2.24) is 4.90 Å². The van der Waals surface area contributed by atoms with Gasteiger partial charge in [-0.1, -0.05) is 0 Å². The molecule has 2 atom stereocenters. The van der Waals surface area contributed by atoms with E-state index in [2.05, 4.69) is 12.6 Å². The summed E-state index contributed by atoms with van der Waals surface area (Å²) in [4.78, 5) is 24.3. The number of thioether (sulfide) groups is 1. The predicted molar refractivity (Wildman–Crippen MR) is 63.5 cm³/mol. The number of rotatable bonds is 4. The lowest BCUT2D eigenvalue weighted by Crippen LogP contribution is -2.45. The van der Waals surface area contributed by atoms with Crippen LogP contribution < -0.4 is 0 Å². The Kier molecular flexibility index (Phi) is 4.79. The van der Waals surface area contributed by atoms with Crippen molar-refractivity contribution < 1.29 is 14.7 Å². The summed E-state index contributed by atoms with van der Waals surface area (Å²) < 4.78 is 0. The van der Waals surface area contributed by atoms with Gasteiger partial charge in [0.05, 0.1) is 5.25 Å². The molecule has 0 radical (unpaired) electrons. The molecule has 4 nitrogen and oxygen atoms in total. The van der Waals surface area contributed by atoms with Crippen LogP contribution in [0.5, 0.6) is 0 Å². The number of nitrogens with zero attached hydrogens (tertiary/aromatic N) is 1. The molecular weight excluding hydrogens is 234 g/mol. The lowest BCUT2D eigenvalue weighted by Gasteiger charge is -2.24. The highest BCUT2D eigenvalue weighted by Crippen LogP contribution is 2.22. The van der Waals surface area contributed by atoms with E-state index >= 15 is 0 Å². The molecule has 1 rings (SSSR count). The number of hydrogen-bond acceptors (Lipinski definition) is 4. The molecule has 0 aromatic carbocycles. The van der Waals surface area contributed by atoms with Gasteiger partial charge in [0.15, 0.2) is 0 Å². The van der Waals surface area contributed by atoms with Crippen molar-refractivity contribution in [3.63, 3.8) is 0 Å². The molecule has 6 heteroatoms. The van der Waals surface area contributed by atoms with E-state index in [0.717, 1.165) is 6.42 Å². The number of carbonyl (C=O) groups excluding carboxylic acids is 1. The topological polar surface area (TPSA) is 57.6 Å². The maximum atomic E-state index is 11.9. The highest BCUT2D eigenvalue weighted by Gasteiger charge is 2.36. The summed E-state index contributed by atoms with van der Waals surface area (Å²) in [5, 5.41) is 8.71. The average molecular weight is 249 g/mol. The largest absolute Gasteiger partial charge is 0.480 e. The summed E-state index contributed by atoms with van der Waals surface area (Å²) >= 11 is 5.51. The molecule has 0 bridgehead atoms. The van der Waals surface area contributed by atoms with Gasteiger partial charge in [-0.25, -0.2) is 4.79 Å². The first kappa shape index (κ1) is 12.7. The molecule has 0 saturated carbocycles. The molecular formula is C9H15NO3S2. The van der Waals surface area contributed by atoms with Gasteiger partial charge in [0.25, 0.3) is 0 Å². The fraction of sp³-hybridized carbons (Fsp3) is 0.778. The second kappa shape index (κ2) is 5.65. The number of carboxylic acid groups (broad SMARTS) is 1. The highest BCUT2D eigenvalue weighted by molar-refractivity contribution is 8.00. The number of hydrogen-bond donors (Lipinski definition) is 2. The van der Waals surface area contributed by atoms with Gasteiger partial charge in [-0.15, -0.1) is 0 Å². The van der Waals surface area contributed by atoms with Crippen LogP contribution in [0.25, 0.3) is 0 Å². The second-order valence-corrected chi connectivity index (χ2v) is 4.84. The Morgan fingerprint density at radius 1 is 1.67 bits per heavy atom. The summed E-state index contributed by atoms with van der Waals surface area (Å²) in [5.74, 6) is -0.551. The third-order valence-corrected chi connectivity index (χ3v) is 4.10. The van der Waals surface area contributed by atoms with Crippen LogP contribution in [0, 0.1) is 0 Å². The quantitative estimate of drug-likeness (QED) is 0.721. The fourth-order valence-corrected chi connectivity index (χ4v) is 2.82. The Balaban J connectivity index is 2.69. The van der Waals surface area contributed by atoms with Crippen LogP contribution in [-0.2, 0) is 9.59 Å². The van der Waals surface area contributed by atoms with Gasteiger partial charge in [-0.05, 0) is 19.1 Å². The van der Waals surface area contributed by atoms with Crippen LogP contribution in [-0.4, -0.2) is 51.7 Å². The summed E-state index contributed by atoms with van der Waals surface area (Å²) in [5.41, 5.74) is 0. The highest BCUT2D eigenvalue weighted by atomic mass is 32.2. The van der Waals surface area contributed by atoms with Crippen LogP contribution in [0.3, 0.4) is 0 Å². The molecule has 0 aliphatic carbocycles. The summed E-state index contributed by atoms with van der Waals surface area (Å²) in [6.45, 7) is 0.556. The van der Waals surface area contributed by atoms with Gasteiger partial charge in [0, 0.05) is 12.3 Å². The smallest absolute Gasteiger partial charge is 0.326 e. The first-order valence-corrected chi connectivity index (χ1v) is 6.70. The Labute approximate surface area is 98.8 Å². The van der Waals surface area contributed by atoms with Crippen LogP contribution >= 0.6 is 24.4 Å². The molecule has 1 unspecified atom stereocenters. The number of aliphatic carboxylic acids is 1. The molecule has 1 N–H and O–H groups in total. The minimum atomic E-state index is -0.903. The van der Waals surface area contributed by atoms with Crippen molar-refractivity contribution in [2.45, 2.75) is 24.1 Å². The van der Waals surface area contributed by atoms with Crippen LogP contribution in [0.1, 0.15) is 12.8 Å². The van der Waals surface area contributed by atoms with Crippen molar-refractivity contribution >= 4 is 36.3 Å². The van der Waals surface area contributed by atoms with Gasteiger partial charge >= 0.3 is 5.97 Å². The van der Waals surface area contributed by atoms with E-state index in [0.29, 0.717) is 18.7 Å². The van der Waals surface area contributed by atoms with Crippen LogP contribution in [0.15, 0.2) is 0 Å². The van der Waals surface area contributed by atoms with Gasteiger partial charge in [-0.3, -0.25) is 4.79 Å². The molecule has 1 aliphatic heterocycles. The zero-order valence-electron chi connectivity index (χ0n) is 8.55.